The highest BCUT2D eigenvalue weighted by atomic mass is 16.5. The van der Waals surface area contributed by atoms with Gasteiger partial charge in [0.25, 0.3) is 0 Å². The van der Waals surface area contributed by atoms with E-state index in [0.717, 1.165) is 38.9 Å². The van der Waals surface area contributed by atoms with Gasteiger partial charge in [-0.2, -0.15) is 0 Å². The molecule has 136 valence electrons. The lowest BCUT2D eigenvalue weighted by Crippen LogP contribution is -2.35. The van der Waals surface area contributed by atoms with E-state index in [9.17, 15) is 0 Å². The average Bonchev–Trinajstić information content (AvgIpc) is 2.57. The van der Waals surface area contributed by atoms with E-state index in [1.165, 1.54) is 23.4 Å². The second kappa shape index (κ2) is 11.3. The van der Waals surface area contributed by atoms with E-state index < -0.39 is 0 Å². The van der Waals surface area contributed by atoms with Gasteiger partial charge in [0.05, 0.1) is 5.70 Å². The van der Waals surface area contributed by atoms with Crippen LogP contribution in [0, 0.1) is 0 Å². The van der Waals surface area contributed by atoms with Crippen LogP contribution in [0.4, 0.5) is 0 Å². The molecule has 0 aromatic heterocycles. The minimum absolute atomic E-state index is 0.0557. The van der Waals surface area contributed by atoms with Crippen LogP contribution in [0.3, 0.4) is 0 Å². The Bertz CT molecular complexity index is 476. The van der Waals surface area contributed by atoms with Gasteiger partial charge in [-0.05, 0) is 45.4 Å². The number of methoxy groups -OCH3 is 1. The number of allylic oxidation sites excluding steroid dienone is 4. The smallest absolute Gasteiger partial charge is 0.115 e. The van der Waals surface area contributed by atoms with Crippen molar-refractivity contribution in [3.63, 3.8) is 0 Å². The van der Waals surface area contributed by atoms with Gasteiger partial charge in [0, 0.05) is 32.3 Å². The van der Waals surface area contributed by atoms with Crippen LogP contribution in [-0.4, -0.2) is 49.7 Å². The number of nitrogens with zero attached hydrogens (tertiary/aromatic N) is 2. The van der Waals surface area contributed by atoms with Crippen molar-refractivity contribution < 1.29 is 4.74 Å². The Labute approximate surface area is 149 Å². The Balaban J connectivity index is 3.05. The lowest BCUT2D eigenvalue weighted by Gasteiger charge is -2.37. The first-order valence-electron chi connectivity index (χ1n) is 9.28. The minimum atomic E-state index is -0.0557. The molecule has 0 bridgehead atoms. The molecule has 0 spiro atoms. The molecule has 0 radical (unpaired) electrons. The molecule has 0 fully saturated rings. The highest BCUT2D eigenvalue weighted by Gasteiger charge is 2.26. The Hall–Kier alpha value is -1.32. The van der Waals surface area contributed by atoms with Crippen molar-refractivity contribution in [1.82, 2.24) is 9.80 Å². The van der Waals surface area contributed by atoms with Gasteiger partial charge in [-0.25, -0.2) is 0 Å². The van der Waals surface area contributed by atoms with E-state index in [4.69, 9.17) is 4.74 Å². The molecule has 3 heteroatoms. The van der Waals surface area contributed by atoms with E-state index in [1.54, 1.807) is 7.11 Å². The largest absolute Gasteiger partial charge is 0.371 e. The summed E-state index contributed by atoms with van der Waals surface area (Å²) < 4.78 is 5.72. The third kappa shape index (κ3) is 5.64. The second-order valence-electron chi connectivity index (χ2n) is 6.41. The Kier molecular flexibility index (Phi) is 9.73. The van der Waals surface area contributed by atoms with E-state index >= 15 is 0 Å². The van der Waals surface area contributed by atoms with Gasteiger partial charge < -0.3 is 14.5 Å². The summed E-state index contributed by atoms with van der Waals surface area (Å²) in [6, 6.07) is 0. The molecule has 0 aromatic rings. The molecular formula is C21H36N2O. The minimum Gasteiger partial charge on any atom is -0.371 e. The maximum atomic E-state index is 5.72. The molecule has 1 heterocycles. The van der Waals surface area contributed by atoms with Crippen molar-refractivity contribution in [2.45, 2.75) is 52.6 Å². The van der Waals surface area contributed by atoms with Crippen LogP contribution in [-0.2, 0) is 4.74 Å². The maximum Gasteiger partial charge on any atom is 0.115 e. The van der Waals surface area contributed by atoms with Crippen LogP contribution in [0.5, 0.6) is 0 Å². The Morgan fingerprint density at radius 1 is 1.33 bits per heavy atom. The van der Waals surface area contributed by atoms with Crippen molar-refractivity contribution >= 4 is 0 Å². The summed E-state index contributed by atoms with van der Waals surface area (Å²) in [5.74, 6) is 0. The molecule has 1 atom stereocenters. The summed E-state index contributed by atoms with van der Waals surface area (Å²) in [5, 5.41) is 0. The monoisotopic (exact) mass is 332 g/mol. The fourth-order valence-electron chi connectivity index (χ4n) is 3.30. The zero-order valence-electron chi connectivity index (χ0n) is 16.3. The normalized spacial score (nSPS) is 16.9. The molecule has 0 saturated carbocycles. The molecular weight excluding hydrogens is 296 g/mol. The van der Waals surface area contributed by atoms with E-state index in [1.807, 2.05) is 6.08 Å². The highest BCUT2D eigenvalue weighted by Crippen LogP contribution is 2.32. The van der Waals surface area contributed by atoms with Gasteiger partial charge in [0.1, 0.15) is 6.10 Å². The molecule has 1 aliphatic rings. The first-order chi connectivity index (χ1) is 11.6. The molecule has 3 nitrogen and oxygen atoms in total. The second-order valence-corrected chi connectivity index (χ2v) is 6.41. The summed E-state index contributed by atoms with van der Waals surface area (Å²) in [6.07, 6.45) is 12.9. The summed E-state index contributed by atoms with van der Waals surface area (Å²) >= 11 is 0. The number of ether oxygens (including phenoxy) is 1. The number of rotatable bonds is 11. The molecule has 24 heavy (non-hydrogen) atoms. The van der Waals surface area contributed by atoms with Gasteiger partial charge in [-0.3, -0.25) is 0 Å². The molecule has 0 aromatic carbocycles. The van der Waals surface area contributed by atoms with Crippen molar-refractivity contribution in [2.75, 3.05) is 33.8 Å². The standard InChI is InChI=1S/C21H36N2O/c1-7-11-18-12-13-19(14-17-22(5)15-8-2)23(16-9-3)21(18)20(10-4)24-6/h7,10-11,13,20H,4,8-9,12,14-17H2,1-3,5-6H3/b11-7-. The van der Waals surface area contributed by atoms with E-state index in [2.05, 4.69) is 62.4 Å². The molecule has 0 N–H and O–H groups in total. The van der Waals surface area contributed by atoms with Gasteiger partial charge in [0.2, 0.25) is 0 Å². The van der Waals surface area contributed by atoms with Crippen LogP contribution >= 0.6 is 0 Å². The quantitative estimate of drug-likeness (QED) is 0.508. The first-order valence-corrected chi connectivity index (χ1v) is 9.28. The third-order valence-corrected chi connectivity index (χ3v) is 4.43. The fraction of sp³-hybridized carbons (Fsp3) is 0.619. The molecule has 1 unspecified atom stereocenters. The Morgan fingerprint density at radius 3 is 2.62 bits per heavy atom. The van der Waals surface area contributed by atoms with E-state index in [-0.39, 0.29) is 6.10 Å². The van der Waals surface area contributed by atoms with Crippen LogP contribution in [0.25, 0.3) is 0 Å². The van der Waals surface area contributed by atoms with Crippen LogP contribution in [0.2, 0.25) is 0 Å². The van der Waals surface area contributed by atoms with Crippen molar-refractivity contribution in [2.24, 2.45) is 0 Å². The predicted octanol–water partition coefficient (Wildman–Crippen LogP) is 4.75. The summed E-state index contributed by atoms with van der Waals surface area (Å²) in [4.78, 5) is 4.88. The Morgan fingerprint density at radius 2 is 2.08 bits per heavy atom. The molecule has 1 rings (SSSR count). The first kappa shape index (κ1) is 20.7. The van der Waals surface area contributed by atoms with Crippen LogP contribution < -0.4 is 0 Å². The van der Waals surface area contributed by atoms with Gasteiger partial charge in [0.15, 0.2) is 0 Å². The van der Waals surface area contributed by atoms with Gasteiger partial charge >= 0.3 is 0 Å². The lowest BCUT2D eigenvalue weighted by molar-refractivity contribution is 0.139. The zero-order valence-corrected chi connectivity index (χ0v) is 16.3. The number of hydrogen-bond acceptors (Lipinski definition) is 3. The van der Waals surface area contributed by atoms with E-state index in [0.29, 0.717) is 0 Å². The summed E-state index contributed by atoms with van der Waals surface area (Å²) in [5.41, 5.74) is 4.03. The van der Waals surface area contributed by atoms with Gasteiger partial charge in [-0.1, -0.05) is 38.2 Å². The lowest BCUT2D eigenvalue weighted by atomic mass is 9.97. The average molecular weight is 333 g/mol. The highest BCUT2D eigenvalue weighted by molar-refractivity contribution is 5.38. The SMILES string of the molecule is C=CC(OC)C1=C(/C=C\C)CC=C(CCN(C)CCC)N1CCC. The topological polar surface area (TPSA) is 15.7 Å². The van der Waals surface area contributed by atoms with Crippen molar-refractivity contribution in [3.8, 4) is 0 Å². The fourth-order valence-corrected chi connectivity index (χ4v) is 3.30. The number of hydrogen-bond donors (Lipinski definition) is 0. The van der Waals surface area contributed by atoms with Crippen LogP contribution in [0.1, 0.15) is 46.5 Å². The third-order valence-electron chi connectivity index (χ3n) is 4.43. The summed E-state index contributed by atoms with van der Waals surface area (Å²) in [6.45, 7) is 13.8. The molecule has 1 aliphatic heterocycles. The predicted molar refractivity (Wildman–Crippen MR) is 105 cm³/mol. The molecule has 0 saturated heterocycles. The maximum absolute atomic E-state index is 5.72. The summed E-state index contributed by atoms with van der Waals surface area (Å²) in [7, 11) is 3.98. The van der Waals surface area contributed by atoms with Crippen LogP contribution in [0.15, 0.2) is 47.9 Å². The molecule has 0 amide bonds. The van der Waals surface area contributed by atoms with Crippen molar-refractivity contribution in [3.05, 3.63) is 47.9 Å². The molecule has 0 aliphatic carbocycles. The zero-order chi connectivity index (χ0) is 17.9. The van der Waals surface area contributed by atoms with Gasteiger partial charge in [-0.15, -0.1) is 6.58 Å². The van der Waals surface area contributed by atoms with Crippen molar-refractivity contribution in [1.29, 1.82) is 0 Å².